The first-order chi connectivity index (χ1) is 12.8. The largest absolute Gasteiger partial charge is 0.506 e. The molecule has 1 aromatic heterocycles. The molecular formula is C18H15ClN2O4S2. The van der Waals surface area contributed by atoms with E-state index in [1.54, 1.807) is 0 Å². The number of phenolic OH excluding ortho intramolecular Hbond substituents is 1. The van der Waals surface area contributed by atoms with Gasteiger partial charge in [0.05, 0.1) is 10.6 Å². The summed E-state index contributed by atoms with van der Waals surface area (Å²) in [6.45, 7) is 0.173. The fourth-order valence-electron chi connectivity index (χ4n) is 2.27. The number of sulfonamides is 1. The van der Waals surface area contributed by atoms with Crippen molar-refractivity contribution in [2.75, 3.05) is 5.32 Å². The molecule has 0 radical (unpaired) electrons. The van der Waals surface area contributed by atoms with Crippen LogP contribution in [0.15, 0.2) is 64.9 Å². The van der Waals surface area contributed by atoms with Crippen LogP contribution in [0.5, 0.6) is 5.75 Å². The SMILES string of the molecule is O=C(Nc1cc(Cl)ccc1O)c1cccc(S(=O)(=O)NCc2cccs2)c1. The zero-order valence-corrected chi connectivity index (χ0v) is 16.2. The Morgan fingerprint density at radius 3 is 2.67 bits per heavy atom. The number of halogens is 1. The van der Waals surface area contributed by atoms with Crippen LogP contribution < -0.4 is 10.0 Å². The molecule has 0 atom stereocenters. The van der Waals surface area contributed by atoms with Gasteiger partial charge in [0, 0.05) is 22.0 Å². The molecule has 1 heterocycles. The number of phenols is 1. The summed E-state index contributed by atoms with van der Waals surface area (Å²) in [6.07, 6.45) is 0. The van der Waals surface area contributed by atoms with Crippen molar-refractivity contribution in [3.05, 3.63) is 75.4 Å². The number of carbonyl (C=O) groups is 1. The Labute approximate surface area is 165 Å². The summed E-state index contributed by atoms with van der Waals surface area (Å²) >= 11 is 7.30. The van der Waals surface area contributed by atoms with Gasteiger partial charge in [-0.05, 0) is 47.8 Å². The van der Waals surface area contributed by atoms with E-state index in [-0.39, 0.29) is 28.4 Å². The molecule has 2 aromatic carbocycles. The Morgan fingerprint density at radius 1 is 1.11 bits per heavy atom. The number of hydrogen-bond acceptors (Lipinski definition) is 5. The molecule has 9 heteroatoms. The molecule has 3 rings (SSSR count). The van der Waals surface area contributed by atoms with Crippen LogP contribution in [0.2, 0.25) is 5.02 Å². The normalized spacial score (nSPS) is 11.3. The van der Waals surface area contributed by atoms with E-state index in [0.29, 0.717) is 5.02 Å². The highest BCUT2D eigenvalue weighted by molar-refractivity contribution is 7.89. The topological polar surface area (TPSA) is 95.5 Å². The highest BCUT2D eigenvalue weighted by Crippen LogP contribution is 2.27. The van der Waals surface area contributed by atoms with Crippen LogP contribution in [0.25, 0.3) is 0 Å². The highest BCUT2D eigenvalue weighted by Gasteiger charge is 2.17. The molecule has 0 aliphatic heterocycles. The van der Waals surface area contributed by atoms with Gasteiger partial charge in [-0.1, -0.05) is 23.7 Å². The molecule has 3 N–H and O–H groups in total. The third kappa shape index (κ3) is 4.86. The Kier molecular flexibility index (Phi) is 5.81. The van der Waals surface area contributed by atoms with E-state index >= 15 is 0 Å². The zero-order chi connectivity index (χ0) is 19.4. The minimum absolute atomic E-state index is 0.0259. The zero-order valence-electron chi connectivity index (χ0n) is 13.8. The first-order valence-electron chi connectivity index (χ1n) is 7.77. The minimum atomic E-state index is -3.77. The Hall–Kier alpha value is -2.39. The summed E-state index contributed by atoms with van der Waals surface area (Å²) in [7, 11) is -3.77. The molecular weight excluding hydrogens is 408 g/mol. The summed E-state index contributed by atoms with van der Waals surface area (Å²) in [5.41, 5.74) is 0.268. The summed E-state index contributed by atoms with van der Waals surface area (Å²) < 4.78 is 27.4. The van der Waals surface area contributed by atoms with Gasteiger partial charge in [-0.25, -0.2) is 13.1 Å². The summed E-state index contributed by atoms with van der Waals surface area (Å²) in [5.74, 6) is -0.711. The van der Waals surface area contributed by atoms with Crippen LogP contribution in [0.1, 0.15) is 15.2 Å². The quantitative estimate of drug-likeness (QED) is 0.526. The van der Waals surface area contributed by atoms with Crippen molar-refractivity contribution in [1.29, 1.82) is 0 Å². The van der Waals surface area contributed by atoms with Crippen LogP contribution in [0, 0.1) is 0 Å². The van der Waals surface area contributed by atoms with Gasteiger partial charge >= 0.3 is 0 Å². The van der Waals surface area contributed by atoms with Gasteiger partial charge in [-0.2, -0.15) is 0 Å². The van der Waals surface area contributed by atoms with Crippen molar-refractivity contribution in [2.24, 2.45) is 0 Å². The fraction of sp³-hybridized carbons (Fsp3) is 0.0556. The van der Waals surface area contributed by atoms with E-state index in [9.17, 15) is 18.3 Å². The molecule has 0 unspecified atom stereocenters. The molecule has 3 aromatic rings. The van der Waals surface area contributed by atoms with E-state index in [4.69, 9.17) is 11.6 Å². The molecule has 6 nitrogen and oxygen atoms in total. The van der Waals surface area contributed by atoms with E-state index in [2.05, 4.69) is 10.0 Å². The molecule has 0 aliphatic carbocycles. The summed E-state index contributed by atoms with van der Waals surface area (Å²) in [6, 6.07) is 13.5. The van der Waals surface area contributed by atoms with E-state index in [0.717, 1.165) is 4.88 Å². The number of benzene rings is 2. The first kappa shape index (κ1) is 19.4. The molecule has 0 saturated heterocycles. The van der Waals surface area contributed by atoms with Crippen LogP contribution in [0.3, 0.4) is 0 Å². The summed E-state index contributed by atoms with van der Waals surface area (Å²) in [4.78, 5) is 13.3. The molecule has 0 spiro atoms. The smallest absolute Gasteiger partial charge is 0.255 e. The second-order valence-electron chi connectivity index (χ2n) is 5.55. The van der Waals surface area contributed by atoms with E-state index in [1.807, 2.05) is 17.5 Å². The van der Waals surface area contributed by atoms with Crippen molar-refractivity contribution in [3.8, 4) is 5.75 Å². The van der Waals surface area contributed by atoms with Crippen molar-refractivity contribution < 1.29 is 18.3 Å². The van der Waals surface area contributed by atoms with Crippen molar-refractivity contribution in [3.63, 3.8) is 0 Å². The highest BCUT2D eigenvalue weighted by atomic mass is 35.5. The lowest BCUT2D eigenvalue weighted by Gasteiger charge is -2.10. The molecule has 140 valence electrons. The van der Waals surface area contributed by atoms with E-state index in [1.165, 1.54) is 53.8 Å². The van der Waals surface area contributed by atoms with Crippen molar-refractivity contribution in [2.45, 2.75) is 11.4 Å². The molecule has 27 heavy (non-hydrogen) atoms. The Balaban J connectivity index is 1.78. The van der Waals surface area contributed by atoms with Gasteiger partial charge in [0.1, 0.15) is 5.75 Å². The van der Waals surface area contributed by atoms with Crippen molar-refractivity contribution in [1.82, 2.24) is 4.72 Å². The number of aromatic hydroxyl groups is 1. The minimum Gasteiger partial charge on any atom is -0.506 e. The number of nitrogens with one attached hydrogen (secondary N) is 2. The molecule has 0 bridgehead atoms. The number of hydrogen-bond donors (Lipinski definition) is 3. The number of amides is 1. The second-order valence-corrected chi connectivity index (χ2v) is 8.78. The fourth-order valence-corrected chi connectivity index (χ4v) is 4.23. The first-order valence-corrected chi connectivity index (χ1v) is 10.5. The van der Waals surface area contributed by atoms with Crippen LogP contribution in [-0.2, 0) is 16.6 Å². The standard InChI is InChI=1S/C18H15ClN2O4S2/c19-13-6-7-17(22)16(10-13)21-18(23)12-3-1-5-15(9-12)27(24,25)20-11-14-4-2-8-26-14/h1-10,20,22H,11H2,(H,21,23). The average molecular weight is 423 g/mol. The predicted molar refractivity (Wildman–Crippen MR) is 106 cm³/mol. The third-order valence-electron chi connectivity index (χ3n) is 3.63. The van der Waals surface area contributed by atoms with Gasteiger partial charge < -0.3 is 10.4 Å². The molecule has 1 amide bonds. The monoisotopic (exact) mass is 422 g/mol. The van der Waals surface area contributed by atoms with Crippen LogP contribution >= 0.6 is 22.9 Å². The molecule has 0 saturated carbocycles. The lowest BCUT2D eigenvalue weighted by molar-refractivity contribution is 0.102. The lowest BCUT2D eigenvalue weighted by atomic mass is 10.2. The predicted octanol–water partition coefficient (Wildman–Crippen LogP) is 3.84. The van der Waals surface area contributed by atoms with Crippen molar-refractivity contribution >= 4 is 44.6 Å². The number of carbonyl (C=O) groups excluding carboxylic acids is 1. The lowest BCUT2D eigenvalue weighted by Crippen LogP contribution is -2.23. The van der Waals surface area contributed by atoms with Crippen LogP contribution in [-0.4, -0.2) is 19.4 Å². The third-order valence-corrected chi connectivity index (χ3v) is 6.14. The van der Waals surface area contributed by atoms with Crippen LogP contribution in [0.4, 0.5) is 5.69 Å². The Morgan fingerprint density at radius 2 is 1.93 bits per heavy atom. The average Bonchev–Trinajstić information content (AvgIpc) is 3.17. The van der Waals surface area contributed by atoms with Gasteiger partial charge in [-0.15, -0.1) is 11.3 Å². The molecule has 0 fully saturated rings. The second kappa shape index (κ2) is 8.10. The maximum Gasteiger partial charge on any atom is 0.255 e. The van der Waals surface area contributed by atoms with Gasteiger partial charge in [0.25, 0.3) is 5.91 Å². The number of rotatable bonds is 6. The number of thiophene rings is 1. The number of anilines is 1. The van der Waals surface area contributed by atoms with E-state index < -0.39 is 15.9 Å². The Bertz CT molecular complexity index is 1070. The maximum absolute atomic E-state index is 12.5. The van der Waals surface area contributed by atoms with Gasteiger partial charge in [-0.3, -0.25) is 4.79 Å². The van der Waals surface area contributed by atoms with Gasteiger partial charge in [0.2, 0.25) is 10.0 Å². The van der Waals surface area contributed by atoms with Gasteiger partial charge in [0.15, 0.2) is 0 Å². The molecule has 0 aliphatic rings. The summed E-state index contributed by atoms with van der Waals surface area (Å²) in [5, 5.41) is 14.5. The maximum atomic E-state index is 12.5.